The summed E-state index contributed by atoms with van der Waals surface area (Å²) in [5.41, 5.74) is 5.76. The van der Waals surface area contributed by atoms with Crippen molar-refractivity contribution >= 4 is 23.6 Å². The molecule has 1 heterocycles. The molecule has 0 aromatic heterocycles. The van der Waals surface area contributed by atoms with E-state index in [2.05, 4.69) is 5.32 Å². The van der Waals surface area contributed by atoms with Gasteiger partial charge in [0.2, 0.25) is 5.91 Å². The summed E-state index contributed by atoms with van der Waals surface area (Å²) in [5, 5.41) is 2.86. The lowest BCUT2D eigenvalue weighted by Crippen LogP contribution is -2.51. The van der Waals surface area contributed by atoms with Crippen LogP contribution in [0, 0.1) is 11.7 Å². The van der Waals surface area contributed by atoms with Gasteiger partial charge in [0.15, 0.2) is 0 Å². The molecule has 3 N–H and O–H groups in total. The van der Waals surface area contributed by atoms with Crippen molar-refractivity contribution in [2.24, 2.45) is 11.7 Å². The first-order chi connectivity index (χ1) is 13.0. The molecule has 0 bridgehead atoms. The molecule has 7 heteroatoms. The number of hydrogen-bond acceptors (Lipinski definition) is 4. The van der Waals surface area contributed by atoms with Crippen molar-refractivity contribution in [2.75, 3.05) is 18.8 Å². The van der Waals surface area contributed by atoms with E-state index in [1.54, 1.807) is 22.7 Å². The first-order valence-corrected chi connectivity index (χ1v) is 10.7. The number of thioether (sulfide) groups is 1. The molecule has 5 nitrogen and oxygen atoms in total. The van der Waals surface area contributed by atoms with Crippen LogP contribution in [0.25, 0.3) is 0 Å². The number of hydrogen-bond donors (Lipinski definition) is 2. The topological polar surface area (TPSA) is 75.4 Å². The minimum atomic E-state index is -0.526. The largest absolute Gasteiger partial charge is 0.354 e. The number of benzene rings is 1. The Balaban J connectivity index is 2.03. The van der Waals surface area contributed by atoms with Crippen LogP contribution in [0.3, 0.4) is 0 Å². The number of unbranched alkanes of at least 4 members (excludes halogenated alkanes) is 3. The summed E-state index contributed by atoms with van der Waals surface area (Å²) in [4.78, 5) is 27.4. The predicted molar refractivity (Wildman–Crippen MR) is 108 cm³/mol. The molecule has 1 saturated heterocycles. The summed E-state index contributed by atoms with van der Waals surface area (Å²) in [6, 6.07) is 5.13. The fourth-order valence-electron chi connectivity index (χ4n) is 3.22. The monoisotopic (exact) mass is 395 g/mol. The predicted octanol–water partition coefficient (Wildman–Crippen LogP) is 3.00. The molecule has 2 rings (SSSR count). The Labute approximate surface area is 165 Å². The van der Waals surface area contributed by atoms with Gasteiger partial charge in [-0.1, -0.05) is 32.8 Å². The van der Waals surface area contributed by atoms with Crippen LogP contribution in [-0.2, 0) is 4.79 Å². The van der Waals surface area contributed by atoms with Crippen molar-refractivity contribution < 1.29 is 14.0 Å². The van der Waals surface area contributed by atoms with E-state index < -0.39 is 11.9 Å². The molecular formula is C20H30FN3O2S. The van der Waals surface area contributed by atoms with Gasteiger partial charge in [0, 0.05) is 17.9 Å². The average molecular weight is 396 g/mol. The zero-order valence-corrected chi connectivity index (χ0v) is 16.9. The van der Waals surface area contributed by atoms with Crippen molar-refractivity contribution in [3.63, 3.8) is 0 Å². The summed E-state index contributed by atoms with van der Waals surface area (Å²) in [5.74, 6) is -0.118. The van der Waals surface area contributed by atoms with Gasteiger partial charge in [-0.2, -0.15) is 0 Å². The second-order valence-corrected chi connectivity index (χ2v) is 8.35. The van der Waals surface area contributed by atoms with Gasteiger partial charge in [-0.25, -0.2) is 4.39 Å². The fraction of sp³-hybridized carbons (Fsp3) is 0.600. The number of nitrogens with one attached hydrogen (secondary N) is 1. The summed E-state index contributed by atoms with van der Waals surface area (Å²) in [6.07, 6.45) is 3.99. The first-order valence-electron chi connectivity index (χ1n) is 9.63. The molecule has 0 spiro atoms. The van der Waals surface area contributed by atoms with Crippen molar-refractivity contribution in [2.45, 2.75) is 50.9 Å². The van der Waals surface area contributed by atoms with Crippen LogP contribution in [0.1, 0.15) is 49.9 Å². The van der Waals surface area contributed by atoms with E-state index in [-0.39, 0.29) is 28.7 Å². The smallest absolute Gasteiger partial charge is 0.255 e. The number of carbonyl (C=O) groups excluding carboxylic acids is 2. The zero-order valence-electron chi connectivity index (χ0n) is 16.1. The van der Waals surface area contributed by atoms with Crippen LogP contribution < -0.4 is 11.1 Å². The van der Waals surface area contributed by atoms with Crippen LogP contribution in [0.15, 0.2) is 24.3 Å². The van der Waals surface area contributed by atoms with E-state index in [0.29, 0.717) is 18.8 Å². The van der Waals surface area contributed by atoms with Gasteiger partial charge in [0.05, 0.1) is 5.37 Å². The Morgan fingerprint density at radius 3 is 2.70 bits per heavy atom. The van der Waals surface area contributed by atoms with E-state index in [1.807, 2.05) is 13.8 Å². The molecule has 0 radical (unpaired) electrons. The number of amides is 2. The third-order valence-corrected chi connectivity index (χ3v) is 6.27. The van der Waals surface area contributed by atoms with Crippen molar-refractivity contribution in [1.82, 2.24) is 10.2 Å². The van der Waals surface area contributed by atoms with Gasteiger partial charge in [-0.3, -0.25) is 9.59 Å². The fourth-order valence-corrected chi connectivity index (χ4v) is 4.70. The lowest BCUT2D eigenvalue weighted by atomic mass is 10.1. The average Bonchev–Trinajstić information content (AvgIpc) is 3.09. The highest BCUT2D eigenvalue weighted by molar-refractivity contribution is 8.00. The zero-order chi connectivity index (χ0) is 19.8. The molecule has 1 aliphatic rings. The third-order valence-electron chi connectivity index (χ3n) is 4.64. The number of rotatable bonds is 9. The number of halogens is 1. The molecule has 2 amide bonds. The van der Waals surface area contributed by atoms with E-state index in [1.165, 1.54) is 18.2 Å². The Hall–Kier alpha value is -1.60. The van der Waals surface area contributed by atoms with Crippen LogP contribution in [0.4, 0.5) is 4.39 Å². The molecule has 0 aliphatic carbocycles. The van der Waals surface area contributed by atoms with Crippen LogP contribution in [0.5, 0.6) is 0 Å². The lowest BCUT2D eigenvalue weighted by Gasteiger charge is -2.31. The summed E-state index contributed by atoms with van der Waals surface area (Å²) in [7, 11) is 0. The molecule has 2 atom stereocenters. The normalized spacial score (nSPS) is 19.5. The van der Waals surface area contributed by atoms with Crippen molar-refractivity contribution in [3.05, 3.63) is 35.6 Å². The van der Waals surface area contributed by atoms with Gasteiger partial charge < -0.3 is 16.0 Å². The first kappa shape index (κ1) is 21.7. The number of nitrogens with two attached hydrogens (primary N) is 1. The minimum absolute atomic E-state index is 0.0962. The maximum absolute atomic E-state index is 13.6. The van der Waals surface area contributed by atoms with E-state index in [0.717, 1.165) is 25.7 Å². The van der Waals surface area contributed by atoms with Crippen LogP contribution >= 0.6 is 11.8 Å². The van der Waals surface area contributed by atoms with E-state index in [9.17, 15) is 14.0 Å². The Bertz CT molecular complexity index is 641. The number of nitrogens with zero attached hydrogens (tertiary/aromatic N) is 1. The molecule has 0 saturated carbocycles. The van der Waals surface area contributed by atoms with Gasteiger partial charge >= 0.3 is 0 Å². The van der Waals surface area contributed by atoms with Crippen LogP contribution in [0.2, 0.25) is 0 Å². The highest BCUT2D eigenvalue weighted by Gasteiger charge is 2.42. The van der Waals surface area contributed by atoms with Crippen molar-refractivity contribution in [3.8, 4) is 0 Å². The maximum Gasteiger partial charge on any atom is 0.255 e. The summed E-state index contributed by atoms with van der Waals surface area (Å²) in [6.45, 7) is 5.35. The quantitative estimate of drug-likeness (QED) is 0.630. The third kappa shape index (κ3) is 5.94. The van der Waals surface area contributed by atoms with E-state index in [4.69, 9.17) is 5.73 Å². The molecule has 1 aliphatic heterocycles. The van der Waals surface area contributed by atoms with Gasteiger partial charge in [0.1, 0.15) is 11.9 Å². The highest BCUT2D eigenvalue weighted by atomic mass is 32.2. The SMILES string of the molecule is CC(C)C1SCC(C(=O)NCCCCCCN)N1C(=O)c1cccc(F)c1. The molecule has 150 valence electrons. The molecular weight excluding hydrogens is 365 g/mol. The highest BCUT2D eigenvalue weighted by Crippen LogP contribution is 2.35. The molecule has 1 aromatic rings. The maximum atomic E-state index is 13.6. The molecule has 1 fully saturated rings. The Morgan fingerprint density at radius 1 is 1.30 bits per heavy atom. The summed E-state index contributed by atoms with van der Waals surface area (Å²) < 4.78 is 13.6. The number of carbonyl (C=O) groups is 2. The van der Waals surface area contributed by atoms with Gasteiger partial charge in [0.25, 0.3) is 5.91 Å². The van der Waals surface area contributed by atoms with Gasteiger partial charge in [-0.05, 0) is 43.5 Å². The Kier molecular flexibility index (Phi) is 8.57. The lowest BCUT2D eigenvalue weighted by molar-refractivity contribution is -0.124. The second kappa shape index (κ2) is 10.7. The van der Waals surface area contributed by atoms with Crippen molar-refractivity contribution in [1.29, 1.82) is 0 Å². The standard InChI is InChI=1S/C20H30FN3O2S/c1-14(2)20-24(19(26)15-8-7-9-16(21)12-15)17(13-27-20)18(25)23-11-6-4-3-5-10-22/h7-9,12,14,17,20H,3-6,10-11,13,22H2,1-2H3,(H,23,25). The second-order valence-electron chi connectivity index (χ2n) is 7.20. The molecule has 1 aromatic carbocycles. The Morgan fingerprint density at radius 2 is 2.04 bits per heavy atom. The minimum Gasteiger partial charge on any atom is -0.354 e. The molecule has 27 heavy (non-hydrogen) atoms. The molecule has 2 unspecified atom stereocenters. The van der Waals surface area contributed by atoms with Crippen LogP contribution in [-0.4, -0.2) is 47.0 Å². The summed E-state index contributed by atoms with van der Waals surface area (Å²) >= 11 is 1.61. The van der Waals surface area contributed by atoms with Gasteiger partial charge in [-0.15, -0.1) is 11.8 Å². The van der Waals surface area contributed by atoms with E-state index >= 15 is 0 Å².